The number of aliphatic hydroxyl groups is 1. The van der Waals surface area contributed by atoms with E-state index in [2.05, 4.69) is 72.6 Å². The lowest BCUT2D eigenvalue weighted by atomic mass is 9.72. The van der Waals surface area contributed by atoms with Crippen LogP contribution in [0.1, 0.15) is 36.2 Å². The Bertz CT molecular complexity index is 1680. The molecule has 2 aromatic heterocycles. The van der Waals surface area contributed by atoms with Crippen molar-refractivity contribution in [2.24, 2.45) is 5.92 Å². The first-order valence-electron chi connectivity index (χ1n) is 14.8. The standard InChI is InChI=1S/C30H33N5O.C4H4O4/c1-23-31-32-29-34(27-15-8-9-16-28(27)35(23)29)20-10-19-33-21-17-26(18-22-33)30(36,24-11-4-2-5-12-24)25-13-6-3-7-14-25;5-3(6)1-2-4(7)8/h2-9,11-16,26,36H,10,17-22H2,1H3;1-2H,(H,5,6)(H,7,8)/b;2-1+. The van der Waals surface area contributed by atoms with Crippen LogP contribution in [0.3, 0.4) is 0 Å². The predicted octanol–water partition coefficient (Wildman–Crippen LogP) is 4.74. The number of nitrogens with zero attached hydrogens (tertiary/aromatic N) is 5. The van der Waals surface area contributed by atoms with Crippen molar-refractivity contribution in [3.05, 3.63) is 114 Å². The van der Waals surface area contributed by atoms with Crippen molar-refractivity contribution in [2.75, 3.05) is 19.6 Å². The molecule has 0 atom stereocenters. The van der Waals surface area contributed by atoms with Crippen LogP contribution in [-0.4, -0.2) is 71.0 Å². The smallest absolute Gasteiger partial charge is 0.328 e. The van der Waals surface area contributed by atoms with Gasteiger partial charge in [-0.3, -0.25) is 4.40 Å². The van der Waals surface area contributed by atoms with E-state index in [0.717, 1.165) is 73.7 Å². The number of piperidine rings is 1. The van der Waals surface area contributed by atoms with Crippen LogP contribution in [0.25, 0.3) is 16.8 Å². The van der Waals surface area contributed by atoms with Crippen LogP contribution in [0, 0.1) is 12.8 Å². The number of aliphatic carboxylic acids is 2. The van der Waals surface area contributed by atoms with E-state index in [0.29, 0.717) is 12.2 Å². The molecule has 6 rings (SSSR count). The number of hydrogen-bond donors (Lipinski definition) is 3. The summed E-state index contributed by atoms with van der Waals surface area (Å²) in [6.07, 6.45) is 4.11. The summed E-state index contributed by atoms with van der Waals surface area (Å²) in [4.78, 5) is 21.7. The lowest BCUT2D eigenvalue weighted by molar-refractivity contribution is -0.134. The van der Waals surface area contributed by atoms with Crippen molar-refractivity contribution in [1.82, 2.24) is 24.1 Å². The zero-order valence-corrected chi connectivity index (χ0v) is 24.7. The molecule has 0 unspecified atom stereocenters. The molecule has 1 aliphatic heterocycles. The second-order valence-electron chi connectivity index (χ2n) is 11.0. The lowest BCUT2D eigenvalue weighted by Gasteiger charge is -2.42. The molecule has 1 saturated heterocycles. The minimum Gasteiger partial charge on any atom is -0.478 e. The summed E-state index contributed by atoms with van der Waals surface area (Å²) >= 11 is 0. The molecule has 0 spiro atoms. The Hall–Kier alpha value is -4.80. The third-order valence-corrected chi connectivity index (χ3v) is 8.29. The summed E-state index contributed by atoms with van der Waals surface area (Å²) in [6, 6.07) is 28.9. The summed E-state index contributed by atoms with van der Waals surface area (Å²) in [5.41, 5.74) is 3.39. The molecule has 0 radical (unpaired) electrons. The average molecular weight is 596 g/mol. The van der Waals surface area contributed by atoms with E-state index in [9.17, 15) is 14.7 Å². The predicted molar refractivity (Wildman–Crippen MR) is 167 cm³/mol. The van der Waals surface area contributed by atoms with Gasteiger partial charge in [0.05, 0.1) is 11.0 Å². The van der Waals surface area contributed by atoms with Crippen molar-refractivity contribution < 1.29 is 24.9 Å². The number of aromatic nitrogens is 4. The SMILES string of the molecule is Cc1nnc2n(CCCN3CCC(C(O)(c4ccccc4)c4ccccc4)CC3)c3ccccc3n12.O=C(O)/C=C/C(=O)O. The molecule has 1 aliphatic rings. The van der Waals surface area contributed by atoms with E-state index < -0.39 is 17.5 Å². The first kappa shape index (κ1) is 30.7. The van der Waals surface area contributed by atoms with Crippen LogP contribution in [0.4, 0.5) is 0 Å². The van der Waals surface area contributed by atoms with E-state index in [4.69, 9.17) is 10.2 Å². The molecule has 3 N–H and O–H groups in total. The van der Waals surface area contributed by atoms with Crippen molar-refractivity contribution in [1.29, 1.82) is 0 Å². The molecular formula is C34H37N5O5. The van der Waals surface area contributed by atoms with Gasteiger partial charge in [0.1, 0.15) is 11.4 Å². The number of rotatable bonds is 9. The third-order valence-electron chi connectivity index (χ3n) is 8.29. The summed E-state index contributed by atoms with van der Waals surface area (Å²) in [5, 5.41) is 36.5. The van der Waals surface area contributed by atoms with Gasteiger partial charge in [-0.05, 0) is 75.0 Å². The number of para-hydroxylation sites is 2. The summed E-state index contributed by atoms with van der Waals surface area (Å²) in [5.74, 6) is -0.486. The van der Waals surface area contributed by atoms with Crippen molar-refractivity contribution in [3.8, 4) is 0 Å². The zero-order valence-electron chi connectivity index (χ0n) is 24.7. The molecule has 0 amide bonds. The molecule has 3 aromatic carbocycles. The molecule has 10 nitrogen and oxygen atoms in total. The van der Waals surface area contributed by atoms with Crippen LogP contribution in [0.5, 0.6) is 0 Å². The van der Waals surface area contributed by atoms with Gasteiger partial charge >= 0.3 is 11.9 Å². The number of benzene rings is 3. The number of hydrogen-bond acceptors (Lipinski definition) is 6. The number of carbonyl (C=O) groups is 2. The third kappa shape index (κ3) is 6.56. The van der Waals surface area contributed by atoms with Gasteiger partial charge < -0.3 is 24.8 Å². The molecule has 10 heteroatoms. The topological polar surface area (TPSA) is 133 Å². The van der Waals surface area contributed by atoms with Crippen molar-refractivity contribution in [3.63, 3.8) is 0 Å². The molecule has 0 bridgehead atoms. The highest BCUT2D eigenvalue weighted by atomic mass is 16.4. The van der Waals surface area contributed by atoms with Crippen LogP contribution >= 0.6 is 0 Å². The second-order valence-corrected chi connectivity index (χ2v) is 11.0. The van der Waals surface area contributed by atoms with Crippen molar-refractivity contribution >= 4 is 28.7 Å². The minimum atomic E-state index is -1.26. The van der Waals surface area contributed by atoms with Crippen molar-refractivity contribution in [2.45, 2.75) is 38.3 Å². The molecule has 1 fully saturated rings. The fourth-order valence-electron chi connectivity index (χ4n) is 6.21. The van der Waals surface area contributed by atoms with Gasteiger partial charge in [-0.25, -0.2) is 9.59 Å². The molecule has 228 valence electrons. The van der Waals surface area contributed by atoms with E-state index in [1.807, 2.05) is 43.3 Å². The van der Waals surface area contributed by atoms with Gasteiger partial charge in [0, 0.05) is 18.7 Å². The Balaban J connectivity index is 0.000000426. The molecular weight excluding hydrogens is 558 g/mol. The van der Waals surface area contributed by atoms with Gasteiger partial charge in [-0.1, -0.05) is 72.8 Å². The normalized spacial score (nSPS) is 14.6. The Morgan fingerprint density at radius 1 is 0.795 bits per heavy atom. The fraction of sp³-hybridized carbons (Fsp3) is 0.294. The van der Waals surface area contributed by atoms with Crippen LogP contribution in [0.2, 0.25) is 0 Å². The second kappa shape index (κ2) is 13.7. The fourth-order valence-corrected chi connectivity index (χ4v) is 6.21. The Morgan fingerprint density at radius 2 is 1.32 bits per heavy atom. The van der Waals surface area contributed by atoms with Crippen LogP contribution in [0.15, 0.2) is 97.1 Å². The van der Waals surface area contributed by atoms with Gasteiger partial charge in [0.15, 0.2) is 0 Å². The number of likely N-dealkylation sites (tertiary alicyclic amines) is 1. The highest BCUT2D eigenvalue weighted by Gasteiger charge is 2.41. The average Bonchev–Trinajstić information content (AvgIpc) is 3.58. The van der Waals surface area contributed by atoms with E-state index >= 15 is 0 Å². The summed E-state index contributed by atoms with van der Waals surface area (Å²) in [6.45, 7) is 5.95. The number of fused-ring (bicyclic) bond motifs is 3. The Labute approximate surface area is 255 Å². The zero-order chi connectivity index (χ0) is 31.1. The first-order valence-corrected chi connectivity index (χ1v) is 14.8. The van der Waals surface area contributed by atoms with Crippen LogP contribution < -0.4 is 0 Å². The molecule has 3 heterocycles. The Morgan fingerprint density at radius 3 is 1.86 bits per heavy atom. The summed E-state index contributed by atoms with van der Waals surface area (Å²) in [7, 11) is 0. The quantitative estimate of drug-likeness (QED) is 0.208. The van der Waals surface area contributed by atoms with Gasteiger partial charge in [0.25, 0.3) is 0 Å². The van der Waals surface area contributed by atoms with E-state index in [1.54, 1.807) is 0 Å². The number of carboxylic acids is 2. The van der Waals surface area contributed by atoms with Gasteiger partial charge in [0.2, 0.25) is 5.78 Å². The monoisotopic (exact) mass is 595 g/mol. The minimum absolute atomic E-state index is 0.186. The lowest BCUT2D eigenvalue weighted by Crippen LogP contribution is -2.44. The largest absolute Gasteiger partial charge is 0.478 e. The first-order chi connectivity index (χ1) is 21.3. The van der Waals surface area contributed by atoms with Gasteiger partial charge in [-0.15, -0.1) is 10.2 Å². The van der Waals surface area contributed by atoms with E-state index in [-0.39, 0.29) is 5.92 Å². The molecule has 0 saturated carbocycles. The Kier molecular flexibility index (Phi) is 9.52. The maximum absolute atomic E-state index is 12.1. The molecule has 0 aliphatic carbocycles. The van der Waals surface area contributed by atoms with Gasteiger partial charge in [-0.2, -0.15) is 0 Å². The number of imidazole rings is 1. The maximum atomic E-state index is 12.1. The number of carboxylic acid groups (broad SMARTS) is 2. The molecule has 5 aromatic rings. The van der Waals surface area contributed by atoms with E-state index in [1.165, 1.54) is 5.52 Å². The molecule has 44 heavy (non-hydrogen) atoms. The van der Waals surface area contributed by atoms with Crippen LogP contribution in [-0.2, 0) is 21.7 Å². The number of aryl methyl sites for hydroxylation is 2. The summed E-state index contributed by atoms with van der Waals surface area (Å²) < 4.78 is 4.44. The highest BCUT2D eigenvalue weighted by molar-refractivity contribution is 5.89. The highest BCUT2D eigenvalue weighted by Crippen LogP contribution is 2.41. The maximum Gasteiger partial charge on any atom is 0.328 e.